The highest BCUT2D eigenvalue weighted by Gasteiger charge is 2.16. The molecule has 3 aromatic rings. The fourth-order valence-electron chi connectivity index (χ4n) is 2.89. The predicted molar refractivity (Wildman–Crippen MR) is 98.6 cm³/mol. The summed E-state index contributed by atoms with van der Waals surface area (Å²) >= 11 is 0. The molecule has 1 aliphatic rings. The third-order valence-corrected chi connectivity index (χ3v) is 4.19. The van der Waals surface area contributed by atoms with Gasteiger partial charge in [0.25, 0.3) is 5.56 Å². The van der Waals surface area contributed by atoms with Crippen LogP contribution in [0.1, 0.15) is 11.1 Å². The van der Waals surface area contributed by atoms with Crippen molar-refractivity contribution in [2.45, 2.75) is 0 Å². The zero-order chi connectivity index (χ0) is 17.1. The van der Waals surface area contributed by atoms with E-state index >= 15 is 0 Å². The minimum absolute atomic E-state index is 0.174. The Morgan fingerprint density at radius 3 is 2.68 bits per heavy atom. The lowest BCUT2D eigenvalue weighted by molar-refractivity contribution is 0.122. The predicted octanol–water partition coefficient (Wildman–Crippen LogP) is 2.33. The van der Waals surface area contributed by atoms with Crippen LogP contribution in [0.2, 0.25) is 0 Å². The van der Waals surface area contributed by atoms with Crippen molar-refractivity contribution in [2.24, 2.45) is 0 Å². The summed E-state index contributed by atoms with van der Waals surface area (Å²) in [6.07, 6.45) is 5.58. The summed E-state index contributed by atoms with van der Waals surface area (Å²) < 4.78 is 5.35. The van der Waals surface area contributed by atoms with Crippen molar-refractivity contribution in [2.75, 3.05) is 31.2 Å². The van der Waals surface area contributed by atoms with E-state index in [1.54, 1.807) is 6.20 Å². The zero-order valence-corrected chi connectivity index (χ0v) is 13.7. The average Bonchev–Trinajstić information content (AvgIpc) is 2.67. The van der Waals surface area contributed by atoms with Crippen molar-refractivity contribution in [1.29, 1.82) is 0 Å². The summed E-state index contributed by atoms with van der Waals surface area (Å²) in [4.78, 5) is 26.4. The lowest BCUT2D eigenvalue weighted by Crippen LogP contribution is -2.38. The Hall–Kier alpha value is -2.99. The number of anilines is 1. The van der Waals surface area contributed by atoms with Gasteiger partial charge in [-0.1, -0.05) is 42.5 Å². The van der Waals surface area contributed by atoms with Crippen LogP contribution in [0.15, 0.2) is 47.4 Å². The number of benzene rings is 1. The van der Waals surface area contributed by atoms with E-state index in [2.05, 4.69) is 15.0 Å². The van der Waals surface area contributed by atoms with Gasteiger partial charge >= 0.3 is 0 Å². The molecule has 126 valence electrons. The Morgan fingerprint density at radius 2 is 1.88 bits per heavy atom. The Bertz CT molecular complexity index is 960. The minimum atomic E-state index is -0.174. The maximum atomic E-state index is 12.6. The van der Waals surface area contributed by atoms with Gasteiger partial charge < -0.3 is 9.64 Å². The van der Waals surface area contributed by atoms with Crippen LogP contribution in [0.5, 0.6) is 0 Å². The SMILES string of the molecule is O=c1[nH]c(N2CCOCC2)nc2nccc(C=Cc3ccccc3)c12. The molecular weight excluding hydrogens is 316 g/mol. The highest BCUT2D eigenvalue weighted by atomic mass is 16.5. The summed E-state index contributed by atoms with van der Waals surface area (Å²) in [5, 5.41) is 0.506. The number of hydrogen-bond acceptors (Lipinski definition) is 5. The molecule has 0 aliphatic carbocycles. The van der Waals surface area contributed by atoms with Gasteiger partial charge in [0.15, 0.2) is 5.65 Å². The summed E-state index contributed by atoms with van der Waals surface area (Å²) in [5.41, 5.74) is 2.16. The Labute approximate surface area is 144 Å². The normalized spacial score (nSPS) is 15.1. The molecule has 25 heavy (non-hydrogen) atoms. The van der Waals surface area contributed by atoms with Crippen LogP contribution in [0.25, 0.3) is 23.2 Å². The highest BCUT2D eigenvalue weighted by molar-refractivity contribution is 5.88. The van der Waals surface area contributed by atoms with E-state index in [0.717, 1.165) is 11.1 Å². The average molecular weight is 334 g/mol. The molecule has 0 spiro atoms. The van der Waals surface area contributed by atoms with Crippen LogP contribution in [0, 0.1) is 0 Å². The number of H-pyrrole nitrogens is 1. The molecule has 0 saturated carbocycles. The van der Waals surface area contributed by atoms with Crippen LogP contribution in [0.3, 0.4) is 0 Å². The number of hydrogen-bond donors (Lipinski definition) is 1. The summed E-state index contributed by atoms with van der Waals surface area (Å²) in [5.74, 6) is 0.553. The molecule has 2 aromatic heterocycles. The van der Waals surface area contributed by atoms with E-state index in [1.807, 2.05) is 53.5 Å². The van der Waals surface area contributed by atoms with Gasteiger partial charge in [0.1, 0.15) is 0 Å². The highest BCUT2D eigenvalue weighted by Crippen LogP contribution is 2.17. The molecule has 0 atom stereocenters. The number of ether oxygens (including phenoxy) is 1. The van der Waals surface area contributed by atoms with Crippen molar-refractivity contribution < 1.29 is 4.74 Å². The van der Waals surface area contributed by atoms with Crippen molar-refractivity contribution in [1.82, 2.24) is 15.0 Å². The first-order valence-corrected chi connectivity index (χ1v) is 8.26. The number of rotatable bonds is 3. The number of nitrogens with zero attached hydrogens (tertiary/aromatic N) is 3. The Balaban J connectivity index is 1.74. The van der Waals surface area contributed by atoms with Crippen molar-refractivity contribution >= 4 is 29.1 Å². The molecule has 1 aromatic carbocycles. The first-order valence-electron chi connectivity index (χ1n) is 8.26. The van der Waals surface area contributed by atoms with Crippen LogP contribution in [-0.4, -0.2) is 41.3 Å². The van der Waals surface area contributed by atoms with Crippen LogP contribution in [-0.2, 0) is 4.74 Å². The van der Waals surface area contributed by atoms with Gasteiger partial charge in [0.05, 0.1) is 18.6 Å². The molecule has 6 heteroatoms. The lowest BCUT2D eigenvalue weighted by Gasteiger charge is -2.27. The smallest absolute Gasteiger partial charge is 0.262 e. The van der Waals surface area contributed by atoms with Gasteiger partial charge in [-0.25, -0.2) is 4.98 Å². The van der Waals surface area contributed by atoms with Crippen molar-refractivity contribution in [3.63, 3.8) is 0 Å². The van der Waals surface area contributed by atoms with Gasteiger partial charge in [0.2, 0.25) is 5.95 Å². The standard InChI is InChI=1S/C19H18N4O2/c24-18-16-15(7-6-14-4-2-1-3-5-14)8-9-20-17(16)21-19(22-18)23-10-12-25-13-11-23/h1-9H,10-13H2,(H,20,21,22,24). The van der Waals surface area contributed by atoms with Crippen LogP contribution < -0.4 is 10.5 Å². The topological polar surface area (TPSA) is 71.1 Å². The second kappa shape index (κ2) is 6.86. The number of fused-ring (bicyclic) bond motifs is 1. The van der Waals surface area contributed by atoms with E-state index in [-0.39, 0.29) is 5.56 Å². The summed E-state index contributed by atoms with van der Waals surface area (Å²) in [7, 11) is 0. The van der Waals surface area contributed by atoms with E-state index in [1.165, 1.54) is 0 Å². The summed E-state index contributed by atoms with van der Waals surface area (Å²) in [6, 6.07) is 11.8. The van der Waals surface area contributed by atoms with E-state index in [0.29, 0.717) is 43.3 Å². The number of aromatic amines is 1. The lowest BCUT2D eigenvalue weighted by atomic mass is 10.1. The fraction of sp³-hybridized carbons (Fsp3) is 0.211. The number of nitrogens with one attached hydrogen (secondary N) is 1. The van der Waals surface area contributed by atoms with Crippen molar-refractivity contribution in [3.8, 4) is 0 Å². The van der Waals surface area contributed by atoms with Gasteiger partial charge in [-0.2, -0.15) is 4.98 Å². The Kier molecular flexibility index (Phi) is 4.26. The molecule has 6 nitrogen and oxygen atoms in total. The molecule has 3 heterocycles. The first-order chi connectivity index (χ1) is 12.3. The molecule has 4 rings (SSSR count). The van der Waals surface area contributed by atoms with Gasteiger partial charge in [-0.15, -0.1) is 0 Å². The van der Waals surface area contributed by atoms with E-state index in [4.69, 9.17) is 4.74 Å². The van der Waals surface area contributed by atoms with E-state index in [9.17, 15) is 4.79 Å². The molecule has 1 aliphatic heterocycles. The molecule has 0 unspecified atom stereocenters. The second-order valence-electron chi connectivity index (χ2n) is 5.83. The maximum absolute atomic E-state index is 12.6. The molecule has 0 radical (unpaired) electrons. The number of pyridine rings is 1. The zero-order valence-electron chi connectivity index (χ0n) is 13.7. The Morgan fingerprint density at radius 1 is 1.08 bits per heavy atom. The largest absolute Gasteiger partial charge is 0.378 e. The van der Waals surface area contributed by atoms with Crippen LogP contribution >= 0.6 is 0 Å². The molecular formula is C19H18N4O2. The molecule has 1 fully saturated rings. The van der Waals surface area contributed by atoms with Gasteiger partial charge in [-0.3, -0.25) is 9.78 Å². The van der Waals surface area contributed by atoms with Gasteiger partial charge in [-0.05, 0) is 17.2 Å². The molecule has 0 amide bonds. The van der Waals surface area contributed by atoms with Gasteiger partial charge in [0, 0.05) is 19.3 Å². The fourth-order valence-corrected chi connectivity index (χ4v) is 2.89. The van der Waals surface area contributed by atoms with E-state index < -0.39 is 0 Å². The first kappa shape index (κ1) is 15.5. The molecule has 1 N–H and O–H groups in total. The number of aromatic nitrogens is 3. The number of morpholine rings is 1. The maximum Gasteiger partial charge on any atom is 0.262 e. The minimum Gasteiger partial charge on any atom is -0.378 e. The molecule has 1 saturated heterocycles. The monoisotopic (exact) mass is 334 g/mol. The molecule has 0 bridgehead atoms. The summed E-state index contributed by atoms with van der Waals surface area (Å²) in [6.45, 7) is 2.69. The quantitative estimate of drug-likeness (QED) is 0.796. The van der Waals surface area contributed by atoms with Crippen molar-refractivity contribution in [3.05, 3.63) is 64.1 Å². The third-order valence-electron chi connectivity index (χ3n) is 4.19. The van der Waals surface area contributed by atoms with Crippen LogP contribution in [0.4, 0.5) is 5.95 Å². The third kappa shape index (κ3) is 3.29. The second-order valence-corrected chi connectivity index (χ2v) is 5.83.